The molecule has 2 N–H and O–H groups in total. The Morgan fingerprint density at radius 1 is 1.05 bits per heavy atom. The summed E-state index contributed by atoms with van der Waals surface area (Å²) in [5.74, 6) is 0.340. The van der Waals surface area contributed by atoms with Crippen LogP contribution in [0.1, 0.15) is 17.4 Å². The predicted octanol–water partition coefficient (Wildman–Crippen LogP) is 5.15. The lowest BCUT2D eigenvalue weighted by molar-refractivity contribution is 0.523. The highest BCUT2D eigenvalue weighted by Gasteiger charge is 2.17. The molecule has 0 saturated carbocycles. The van der Waals surface area contributed by atoms with E-state index in [0.717, 1.165) is 21.0 Å². The Labute approximate surface area is 132 Å². The van der Waals surface area contributed by atoms with Crippen molar-refractivity contribution in [3.63, 3.8) is 0 Å². The van der Waals surface area contributed by atoms with Crippen molar-refractivity contribution in [3.8, 4) is 0 Å². The minimum atomic E-state index is -0.448. The van der Waals surface area contributed by atoms with Crippen molar-refractivity contribution in [2.75, 3.05) is 0 Å². The van der Waals surface area contributed by atoms with Gasteiger partial charge in [-0.2, -0.15) is 0 Å². The van der Waals surface area contributed by atoms with E-state index in [4.69, 9.17) is 10.2 Å². The highest BCUT2D eigenvalue weighted by Crippen LogP contribution is 2.31. The lowest BCUT2D eigenvalue weighted by Crippen LogP contribution is -2.11. The van der Waals surface area contributed by atoms with E-state index in [1.165, 1.54) is 12.1 Å². The fourth-order valence-electron chi connectivity index (χ4n) is 2.10. The van der Waals surface area contributed by atoms with Crippen LogP contribution >= 0.6 is 31.9 Å². The van der Waals surface area contributed by atoms with Gasteiger partial charge in [0, 0.05) is 14.3 Å². The van der Waals surface area contributed by atoms with Crippen LogP contribution in [0.5, 0.6) is 0 Å². The van der Waals surface area contributed by atoms with E-state index >= 15 is 0 Å². The Bertz CT molecular complexity index is 785. The molecule has 0 fully saturated rings. The molecule has 1 aromatic heterocycles. The summed E-state index contributed by atoms with van der Waals surface area (Å²) < 4.78 is 20.5. The van der Waals surface area contributed by atoms with E-state index in [2.05, 4.69) is 31.9 Å². The number of benzene rings is 2. The average molecular weight is 399 g/mol. The molecule has 5 heteroatoms. The summed E-state index contributed by atoms with van der Waals surface area (Å²) in [5, 5.41) is 0.975. The Balaban J connectivity index is 2.05. The first-order valence-corrected chi connectivity index (χ1v) is 7.53. The summed E-state index contributed by atoms with van der Waals surface area (Å²) in [6.07, 6.45) is 0. The second-order valence-corrected chi connectivity index (χ2v) is 6.24. The van der Waals surface area contributed by atoms with E-state index in [-0.39, 0.29) is 5.82 Å². The van der Waals surface area contributed by atoms with E-state index in [0.29, 0.717) is 10.2 Å². The van der Waals surface area contributed by atoms with Crippen LogP contribution in [-0.4, -0.2) is 0 Å². The van der Waals surface area contributed by atoms with Crippen molar-refractivity contribution in [3.05, 3.63) is 68.6 Å². The number of hydrogen-bond donors (Lipinski definition) is 1. The maximum Gasteiger partial charge on any atom is 0.134 e. The molecule has 102 valence electrons. The van der Waals surface area contributed by atoms with Crippen LogP contribution in [0, 0.1) is 5.82 Å². The predicted molar refractivity (Wildman–Crippen MR) is 84.0 cm³/mol. The standard InChI is InChI=1S/C15H10Br2FNO/c16-9-1-4-13-8(5-9)6-14(20-13)15(19)11-3-2-10(18)7-12(11)17/h1-7,15H,19H2. The van der Waals surface area contributed by atoms with Gasteiger partial charge in [-0.25, -0.2) is 4.39 Å². The summed E-state index contributed by atoms with van der Waals surface area (Å²) in [6.45, 7) is 0. The van der Waals surface area contributed by atoms with Gasteiger partial charge in [0.25, 0.3) is 0 Å². The Kier molecular flexibility index (Phi) is 3.67. The van der Waals surface area contributed by atoms with Crippen LogP contribution in [0.15, 0.2) is 55.8 Å². The molecule has 0 spiro atoms. The topological polar surface area (TPSA) is 39.2 Å². The molecule has 3 rings (SSSR count). The van der Waals surface area contributed by atoms with E-state index in [1.54, 1.807) is 6.07 Å². The third-order valence-electron chi connectivity index (χ3n) is 3.10. The third-order valence-corrected chi connectivity index (χ3v) is 4.28. The molecule has 0 saturated heterocycles. The van der Waals surface area contributed by atoms with Gasteiger partial charge >= 0.3 is 0 Å². The van der Waals surface area contributed by atoms with Gasteiger partial charge in [0.05, 0.1) is 6.04 Å². The second-order valence-electron chi connectivity index (χ2n) is 4.47. The van der Waals surface area contributed by atoms with Crippen LogP contribution in [-0.2, 0) is 0 Å². The number of furan rings is 1. The largest absolute Gasteiger partial charge is 0.459 e. The zero-order chi connectivity index (χ0) is 14.3. The lowest BCUT2D eigenvalue weighted by atomic mass is 10.1. The molecule has 2 nitrogen and oxygen atoms in total. The Hall–Kier alpha value is -1.17. The van der Waals surface area contributed by atoms with Gasteiger partial charge in [-0.05, 0) is 42.0 Å². The van der Waals surface area contributed by atoms with Crippen molar-refractivity contribution < 1.29 is 8.81 Å². The van der Waals surface area contributed by atoms with Gasteiger partial charge in [-0.1, -0.05) is 37.9 Å². The zero-order valence-corrected chi connectivity index (χ0v) is 13.4. The quantitative estimate of drug-likeness (QED) is 0.648. The van der Waals surface area contributed by atoms with E-state index in [1.807, 2.05) is 24.3 Å². The summed E-state index contributed by atoms with van der Waals surface area (Å²) >= 11 is 6.75. The Morgan fingerprint density at radius 3 is 2.60 bits per heavy atom. The molecule has 0 aliphatic rings. The smallest absolute Gasteiger partial charge is 0.134 e. The van der Waals surface area contributed by atoms with Gasteiger partial charge in [0.1, 0.15) is 17.2 Å². The lowest BCUT2D eigenvalue weighted by Gasteiger charge is -2.11. The van der Waals surface area contributed by atoms with Crippen molar-refractivity contribution in [1.82, 2.24) is 0 Å². The minimum Gasteiger partial charge on any atom is -0.459 e. The zero-order valence-electron chi connectivity index (χ0n) is 10.2. The molecule has 0 bridgehead atoms. The Morgan fingerprint density at radius 2 is 1.85 bits per heavy atom. The van der Waals surface area contributed by atoms with Crippen molar-refractivity contribution in [2.45, 2.75) is 6.04 Å². The molecule has 2 aromatic carbocycles. The molecular formula is C15H10Br2FNO. The van der Waals surface area contributed by atoms with Crippen molar-refractivity contribution in [1.29, 1.82) is 0 Å². The summed E-state index contributed by atoms with van der Waals surface area (Å²) in [4.78, 5) is 0. The number of rotatable bonds is 2. The molecule has 0 radical (unpaired) electrons. The van der Waals surface area contributed by atoms with Crippen LogP contribution in [0.3, 0.4) is 0 Å². The second kappa shape index (κ2) is 5.31. The summed E-state index contributed by atoms with van der Waals surface area (Å²) in [6, 6.07) is 11.7. The molecule has 20 heavy (non-hydrogen) atoms. The number of nitrogens with two attached hydrogens (primary N) is 1. The maximum absolute atomic E-state index is 13.1. The van der Waals surface area contributed by atoms with Crippen LogP contribution in [0.25, 0.3) is 11.0 Å². The highest BCUT2D eigenvalue weighted by molar-refractivity contribution is 9.10. The third kappa shape index (κ3) is 2.53. The first-order chi connectivity index (χ1) is 9.54. The van der Waals surface area contributed by atoms with Crippen molar-refractivity contribution >= 4 is 42.8 Å². The summed E-state index contributed by atoms with van der Waals surface area (Å²) in [7, 11) is 0. The normalized spacial score (nSPS) is 12.8. The molecular weight excluding hydrogens is 389 g/mol. The van der Waals surface area contributed by atoms with E-state index in [9.17, 15) is 4.39 Å². The number of hydrogen-bond acceptors (Lipinski definition) is 2. The van der Waals surface area contributed by atoms with Crippen LogP contribution < -0.4 is 5.73 Å². The molecule has 1 heterocycles. The van der Waals surface area contributed by atoms with Gasteiger partial charge in [-0.3, -0.25) is 0 Å². The van der Waals surface area contributed by atoms with Gasteiger partial charge in [0.15, 0.2) is 0 Å². The van der Waals surface area contributed by atoms with Crippen LogP contribution in [0.2, 0.25) is 0 Å². The molecule has 0 aliphatic carbocycles. The molecule has 1 atom stereocenters. The van der Waals surface area contributed by atoms with Crippen LogP contribution in [0.4, 0.5) is 4.39 Å². The number of fused-ring (bicyclic) bond motifs is 1. The molecule has 3 aromatic rings. The first kappa shape index (κ1) is 13.8. The minimum absolute atomic E-state index is 0.304. The van der Waals surface area contributed by atoms with Gasteiger partial charge < -0.3 is 10.2 Å². The van der Waals surface area contributed by atoms with Gasteiger partial charge in [0.2, 0.25) is 0 Å². The fourth-order valence-corrected chi connectivity index (χ4v) is 3.07. The van der Waals surface area contributed by atoms with Gasteiger partial charge in [-0.15, -0.1) is 0 Å². The fraction of sp³-hybridized carbons (Fsp3) is 0.0667. The highest BCUT2D eigenvalue weighted by atomic mass is 79.9. The summed E-state index contributed by atoms with van der Waals surface area (Å²) in [5.41, 5.74) is 7.77. The average Bonchev–Trinajstić information content (AvgIpc) is 2.81. The maximum atomic E-state index is 13.1. The monoisotopic (exact) mass is 397 g/mol. The first-order valence-electron chi connectivity index (χ1n) is 5.94. The van der Waals surface area contributed by atoms with Crippen molar-refractivity contribution in [2.24, 2.45) is 5.73 Å². The molecule has 0 amide bonds. The molecule has 0 aliphatic heterocycles. The number of halogens is 3. The SMILES string of the molecule is NC(c1cc2cc(Br)ccc2o1)c1ccc(F)cc1Br. The van der Waals surface area contributed by atoms with E-state index < -0.39 is 6.04 Å². The molecule has 1 unspecified atom stereocenters.